The Morgan fingerprint density at radius 1 is 0.903 bits per heavy atom. The second-order valence-electron chi connectivity index (χ2n) is 16.8. The molecule has 1 aliphatic heterocycles. The molecule has 1 fully saturated rings. The lowest BCUT2D eigenvalue weighted by atomic mass is 10.0. The molecule has 0 unspecified atom stereocenters. The highest BCUT2D eigenvalue weighted by atomic mass is 16.5. The quantitative estimate of drug-likeness (QED) is 0.181. The maximum Gasteiger partial charge on any atom is 0.438 e. The van der Waals surface area contributed by atoms with Crippen LogP contribution in [-0.4, -0.2) is 65.7 Å². The van der Waals surface area contributed by atoms with Gasteiger partial charge < -0.3 is 9.47 Å². The van der Waals surface area contributed by atoms with Crippen LogP contribution in [0.15, 0.2) is 112 Å². The molecule has 15 nitrogen and oxygen atoms in total. The van der Waals surface area contributed by atoms with Gasteiger partial charge in [-0.2, -0.15) is 10.2 Å². The predicted molar refractivity (Wildman–Crippen MR) is 233 cm³/mol. The number of nitrogens with one attached hydrogen (secondary N) is 1. The lowest BCUT2D eigenvalue weighted by Crippen LogP contribution is -2.39. The molecule has 1 N–H and O–H groups in total. The summed E-state index contributed by atoms with van der Waals surface area (Å²) in [6.07, 6.45) is 9.09. The van der Waals surface area contributed by atoms with Gasteiger partial charge in [0.1, 0.15) is 17.1 Å². The summed E-state index contributed by atoms with van der Waals surface area (Å²) in [5, 5.41) is 15.5. The van der Waals surface area contributed by atoms with E-state index in [0.29, 0.717) is 42.4 Å². The lowest BCUT2D eigenvalue weighted by molar-refractivity contribution is 0.0721. The van der Waals surface area contributed by atoms with Crippen LogP contribution in [0, 0.1) is 19.8 Å². The highest BCUT2D eigenvalue weighted by Crippen LogP contribution is 2.56. The molecule has 2 atom stereocenters. The van der Waals surface area contributed by atoms with E-state index in [0.717, 1.165) is 73.1 Å². The second-order valence-corrected chi connectivity index (χ2v) is 16.8. The van der Waals surface area contributed by atoms with Gasteiger partial charge in [0.2, 0.25) is 0 Å². The van der Waals surface area contributed by atoms with Crippen molar-refractivity contribution in [3.63, 3.8) is 0 Å². The zero-order valence-corrected chi connectivity index (χ0v) is 35.0. The van der Waals surface area contributed by atoms with Crippen molar-refractivity contribution in [3.05, 3.63) is 158 Å². The molecule has 7 heterocycles. The Kier molecular flexibility index (Phi) is 8.30. The molecular formula is C47H43N11O4. The molecule has 1 aliphatic carbocycles. The number of hydrogen-bond acceptors (Lipinski definition) is 8. The van der Waals surface area contributed by atoms with Gasteiger partial charge in [0.15, 0.2) is 5.82 Å². The molecule has 0 radical (unpaired) electrons. The Bertz CT molecular complexity index is 3390. The lowest BCUT2D eigenvalue weighted by Gasteiger charge is -2.29. The van der Waals surface area contributed by atoms with Gasteiger partial charge in [0, 0.05) is 66.2 Å². The third-order valence-corrected chi connectivity index (χ3v) is 12.8. The number of fused-ring (bicyclic) bond motifs is 3. The molecular weight excluding hydrogens is 783 g/mol. The first-order valence-electron chi connectivity index (χ1n) is 20.9. The van der Waals surface area contributed by atoms with Crippen molar-refractivity contribution in [2.75, 3.05) is 6.54 Å². The Labute approximate surface area is 354 Å². The van der Waals surface area contributed by atoms with Gasteiger partial charge in [-0.25, -0.2) is 14.3 Å². The van der Waals surface area contributed by atoms with Gasteiger partial charge in [-0.1, -0.05) is 31.1 Å². The molecule has 15 heteroatoms. The number of rotatable bonds is 8. The summed E-state index contributed by atoms with van der Waals surface area (Å²) in [6.45, 7) is 8.87. The first-order valence-corrected chi connectivity index (χ1v) is 20.9. The predicted octanol–water partition coefficient (Wildman–Crippen LogP) is 6.55. The zero-order valence-electron chi connectivity index (χ0n) is 35.0. The summed E-state index contributed by atoms with van der Waals surface area (Å²) in [5.41, 5.74) is 9.49. The maximum absolute atomic E-state index is 15.3. The van der Waals surface area contributed by atoms with E-state index in [4.69, 9.17) is 9.62 Å². The van der Waals surface area contributed by atoms with Crippen molar-refractivity contribution in [2.45, 2.75) is 59.0 Å². The maximum atomic E-state index is 15.3. The van der Waals surface area contributed by atoms with Crippen molar-refractivity contribution >= 4 is 27.7 Å². The van der Waals surface area contributed by atoms with E-state index in [9.17, 15) is 9.59 Å². The molecule has 1 saturated carbocycles. The fourth-order valence-electron chi connectivity index (χ4n) is 9.64. The van der Waals surface area contributed by atoms with Crippen LogP contribution in [-0.2, 0) is 32.0 Å². The van der Waals surface area contributed by atoms with E-state index in [1.54, 1.807) is 32.4 Å². The minimum atomic E-state index is -0.804. The second kappa shape index (κ2) is 13.7. The summed E-state index contributed by atoms with van der Waals surface area (Å²) in [7, 11) is 1.89. The molecule has 0 bridgehead atoms. The summed E-state index contributed by atoms with van der Waals surface area (Å²) in [4.78, 5) is 51.4. The number of aryl methyl sites for hydroxylation is 4. The minimum Gasteiger partial charge on any atom is -0.332 e. The molecule has 0 saturated heterocycles. The Hall–Kier alpha value is -7.55. The van der Waals surface area contributed by atoms with E-state index in [1.165, 1.54) is 0 Å². The number of nitrogens with zero attached hydrogens (tertiary/aromatic N) is 10. The van der Waals surface area contributed by atoms with Crippen molar-refractivity contribution in [1.82, 2.24) is 53.3 Å². The van der Waals surface area contributed by atoms with Crippen molar-refractivity contribution in [1.29, 1.82) is 0 Å². The first kappa shape index (κ1) is 37.4. The topological polar surface area (TPSA) is 160 Å². The van der Waals surface area contributed by atoms with Crippen LogP contribution in [0.1, 0.15) is 64.7 Å². The van der Waals surface area contributed by atoms with E-state index < -0.39 is 11.3 Å². The van der Waals surface area contributed by atoms with Crippen LogP contribution in [0.5, 0.6) is 0 Å². The average molecular weight is 826 g/mol. The fraction of sp³-hybridized carbons (Fsp3) is 0.255. The smallest absolute Gasteiger partial charge is 0.332 e. The van der Waals surface area contributed by atoms with Crippen LogP contribution in [0.3, 0.4) is 0 Å². The van der Waals surface area contributed by atoms with Gasteiger partial charge in [0.25, 0.3) is 5.91 Å². The number of hydrogen-bond donors (Lipinski definition) is 1. The zero-order chi connectivity index (χ0) is 42.6. The minimum absolute atomic E-state index is 0.0442. The molecule has 3 aromatic carbocycles. The molecule has 310 valence electrons. The Balaban J connectivity index is 1.04. The van der Waals surface area contributed by atoms with Crippen molar-refractivity contribution in [3.8, 4) is 28.3 Å². The standard InChI is InChI=1S/C47H43N11O4/c1-6-34-21-31(11-13-48-34)30-7-9-40-32(20-30)23-41(57(40)47(24-29(47)4)44-50-45(60)62-52-44)43(59)54-14-12-38-37(26-54)42(58(51-38)36-18-27(2)17-28(3)19-36)56-16-15-55(46(56)61)35-8-10-39-33(22-35)25-49-53(39)5/h7-11,13,15-23,25,29H,6,12,14,24,26H2,1-5H3,(H,50,52,60)/t29-,47-/m0/s1. The SMILES string of the molecule is CCc1cc(-c2ccc3c(c2)cc(C(=O)N2CCc4nn(-c5cc(C)cc(C)c5)c(-n5ccn(-c6ccc7c(cnn7C)c6)c5=O)c4C2)n3[C@@]2(c3noc(=O)[nH]3)C[C@@H]2C)ccn1. The van der Waals surface area contributed by atoms with Crippen molar-refractivity contribution < 1.29 is 9.32 Å². The van der Waals surface area contributed by atoms with Crippen molar-refractivity contribution in [2.24, 2.45) is 13.0 Å². The highest BCUT2D eigenvalue weighted by molar-refractivity contribution is 6.00. The van der Waals surface area contributed by atoms with Crippen LogP contribution in [0.25, 0.3) is 50.1 Å². The largest absolute Gasteiger partial charge is 0.438 e. The molecule has 11 rings (SSSR count). The normalized spacial score (nSPS) is 17.3. The fourth-order valence-corrected chi connectivity index (χ4v) is 9.64. The number of imidazole rings is 1. The number of H-pyrrole nitrogens is 1. The number of amides is 1. The Morgan fingerprint density at radius 3 is 2.44 bits per heavy atom. The Morgan fingerprint density at radius 2 is 1.68 bits per heavy atom. The van der Waals surface area contributed by atoms with Gasteiger partial charge in [-0.15, -0.1) is 0 Å². The number of carbonyl (C=O) groups excluding carboxylic acids is 1. The number of aromatic amines is 1. The van der Waals surface area contributed by atoms with Crippen LogP contribution >= 0.6 is 0 Å². The van der Waals surface area contributed by atoms with E-state index in [-0.39, 0.29) is 24.1 Å². The first-order chi connectivity index (χ1) is 30.0. The van der Waals surface area contributed by atoms with Gasteiger partial charge in [0.05, 0.1) is 35.3 Å². The summed E-state index contributed by atoms with van der Waals surface area (Å²) < 4.78 is 14.0. The van der Waals surface area contributed by atoms with Crippen LogP contribution in [0.4, 0.5) is 0 Å². The molecule has 0 spiro atoms. The molecule has 6 aromatic heterocycles. The summed E-state index contributed by atoms with van der Waals surface area (Å²) in [5.74, 6) is 0.178. The van der Waals surface area contributed by atoms with Gasteiger partial charge in [-0.05, 0) is 116 Å². The molecule has 1 amide bonds. The molecule has 2 aliphatic rings. The number of benzene rings is 3. The summed E-state index contributed by atoms with van der Waals surface area (Å²) >= 11 is 0. The average Bonchev–Trinajstić information content (AvgIpc) is 3.89. The number of pyridine rings is 1. The van der Waals surface area contributed by atoms with Crippen LogP contribution < -0.4 is 11.4 Å². The monoisotopic (exact) mass is 825 g/mol. The number of carbonyl (C=O) groups is 1. The third kappa shape index (κ3) is 5.75. The van der Waals surface area contributed by atoms with E-state index in [1.807, 2.05) is 73.1 Å². The van der Waals surface area contributed by atoms with E-state index >= 15 is 4.79 Å². The molecule has 9 aromatic rings. The third-order valence-electron chi connectivity index (χ3n) is 12.8. The van der Waals surface area contributed by atoms with Gasteiger partial charge in [-0.3, -0.25) is 33.1 Å². The van der Waals surface area contributed by atoms with E-state index in [2.05, 4.69) is 75.0 Å². The molecule has 62 heavy (non-hydrogen) atoms. The van der Waals surface area contributed by atoms with Gasteiger partial charge >= 0.3 is 11.4 Å². The summed E-state index contributed by atoms with van der Waals surface area (Å²) in [6, 6.07) is 24.3. The number of aromatic nitrogens is 10. The van der Waals surface area contributed by atoms with Crippen LogP contribution in [0.2, 0.25) is 0 Å². The highest BCUT2D eigenvalue weighted by Gasteiger charge is 2.59.